The van der Waals surface area contributed by atoms with E-state index >= 15 is 0 Å². The largest absolute Gasteiger partial charge is 0.314 e. The number of likely N-dealkylation sites (N-methyl/N-ethyl adjacent to an activating group) is 1. The van der Waals surface area contributed by atoms with E-state index in [1.54, 1.807) is 6.07 Å². The maximum Gasteiger partial charge on any atom is 0.123 e. The van der Waals surface area contributed by atoms with Crippen LogP contribution in [0.5, 0.6) is 0 Å². The molecule has 2 fully saturated rings. The molecular formula is C17H24FN. The molecule has 3 atom stereocenters. The lowest BCUT2D eigenvalue weighted by Crippen LogP contribution is -2.34. The molecule has 0 aromatic heterocycles. The molecule has 104 valence electrons. The molecule has 3 rings (SSSR count). The van der Waals surface area contributed by atoms with E-state index in [0.717, 1.165) is 36.3 Å². The average Bonchev–Trinajstić information content (AvgIpc) is 3.12. The van der Waals surface area contributed by atoms with Crippen LogP contribution < -0.4 is 5.32 Å². The molecule has 1 nitrogen and oxygen atoms in total. The van der Waals surface area contributed by atoms with Gasteiger partial charge in [0.2, 0.25) is 0 Å². The van der Waals surface area contributed by atoms with Crippen LogP contribution in [-0.4, -0.2) is 12.6 Å². The average molecular weight is 261 g/mol. The fourth-order valence-corrected chi connectivity index (χ4v) is 4.17. The Balaban J connectivity index is 1.68. The monoisotopic (exact) mass is 261 g/mol. The summed E-state index contributed by atoms with van der Waals surface area (Å²) in [4.78, 5) is 0. The Morgan fingerprint density at radius 1 is 1.26 bits per heavy atom. The summed E-state index contributed by atoms with van der Waals surface area (Å²) in [6, 6.07) is 7.64. The van der Waals surface area contributed by atoms with Crippen LogP contribution in [-0.2, 0) is 6.42 Å². The van der Waals surface area contributed by atoms with Crippen LogP contribution in [0.4, 0.5) is 4.39 Å². The van der Waals surface area contributed by atoms with Crippen molar-refractivity contribution in [2.75, 3.05) is 6.54 Å². The van der Waals surface area contributed by atoms with Crippen molar-refractivity contribution in [2.24, 2.45) is 17.8 Å². The number of rotatable bonds is 5. The first-order valence-electron chi connectivity index (χ1n) is 7.77. The minimum Gasteiger partial charge on any atom is -0.314 e. The second-order valence-corrected chi connectivity index (χ2v) is 6.19. The minimum atomic E-state index is -0.110. The van der Waals surface area contributed by atoms with Crippen LogP contribution in [0.2, 0.25) is 0 Å². The van der Waals surface area contributed by atoms with Gasteiger partial charge in [-0.2, -0.15) is 0 Å². The lowest BCUT2D eigenvalue weighted by atomic mass is 9.99. The number of halogens is 1. The second-order valence-electron chi connectivity index (χ2n) is 6.19. The van der Waals surface area contributed by atoms with Crippen LogP contribution >= 0.6 is 0 Å². The Morgan fingerprint density at radius 3 is 2.63 bits per heavy atom. The van der Waals surface area contributed by atoms with Crippen molar-refractivity contribution in [1.82, 2.24) is 5.32 Å². The van der Waals surface area contributed by atoms with Gasteiger partial charge in [0.25, 0.3) is 0 Å². The van der Waals surface area contributed by atoms with Crippen molar-refractivity contribution >= 4 is 0 Å². The van der Waals surface area contributed by atoms with E-state index in [2.05, 4.69) is 18.3 Å². The highest BCUT2D eigenvalue weighted by atomic mass is 19.1. The van der Waals surface area contributed by atoms with E-state index in [0.29, 0.717) is 6.04 Å². The second kappa shape index (κ2) is 5.62. The van der Waals surface area contributed by atoms with E-state index in [1.807, 2.05) is 6.07 Å². The van der Waals surface area contributed by atoms with Crippen LogP contribution in [0.1, 0.15) is 38.2 Å². The van der Waals surface area contributed by atoms with Gasteiger partial charge >= 0.3 is 0 Å². The molecule has 0 spiro atoms. The third kappa shape index (κ3) is 2.84. The first-order valence-corrected chi connectivity index (χ1v) is 7.77. The fraction of sp³-hybridized carbons (Fsp3) is 0.647. The lowest BCUT2D eigenvalue weighted by molar-refractivity contribution is 0.437. The smallest absolute Gasteiger partial charge is 0.123 e. The highest BCUT2D eigenvalue weighted by molar-refractivity contribution is 5.19. The van der Waals surface area contributed by atoms with Crippen LogP contribution in [0.25, 0.3) is 0 Å². The van der Waals surface area contributed by atoms with Gasteiger partial charge in [0.15, 0.2) is 0 Å². The summed E-state index contributed by atoms with van der Waals surface area (Å²) in [6.07, 6.45) is 6.64. The van der Waals surface area contributed by atoms with Gasteiger partial charge in [-0.1, -0.05) is 31.9 Å². The van der Waals surface area contributed by atoms with Gasteiger partial charge in [-0.3, -0.25) is 0 Å². The predicted molar refractivity (Wildman–Crippen MR) is 76.5 cm³/mol. The molecule has 0 aliphatic heterocycles. The van der Waals surface area contributed by atoms with Crippen molar-refractivity contribution < 1.29 is 4.39 Å². The van der Waals surface area contributed by atoms with Crippen molar-refractivity contribution in [3.63, 3.8) is 0 Å². The minimum absolute atomic E-state index is 0.110. The Hall–Kier alpha value is -0.890. The molecule has 3 unspecified atom stereocenters. The van der Waals surface area contributed by atoms with Crippen molar-refractivity contribution in [3.8, 4) is 0 Å². The quantitative estimate of drug-likeness (QED) is 0.850. The molecule has 2 aliphatic carbocycles. The predicted octanol–water partition coefficient (Wildman–Crippen LogP) is 3.78. The fourth-order valence-electron chi connectivity index (χ4n) is 4.17. The maximum atomic E-state index is 13.3. The standard InChI is InChI=1S/C17H24FN/c1-2-19-16(11-12-6-5-7-13(18)10-12)17-14-8-3-4-9-15(14)17/h5-7,10,14-17,19H,2-4,8-9,11H2,1H3. The summed E-state index contributed by atoms with van der Waals surface area (Å²) in [5, 5.41) is 3.65. The molecular weight excluding hydrogens is 237 g/mol. The van der Waals surface area contributed by atoms with Gasteiger partial charge in [-0.15, -0.1) is 0 Å². The van der Waals surface area contributed by atoms with Crippen molar-refractivity contribution in [2.45, 2.75) is 45.1 Å². The zero-order chi connectivity index (χ0) is 13.2. The zero-order valence-electron chi connectivity index (χ0n) is 11.7. The Bertz CT molecular complexity index is 419. The van der Waals surface area contributed by atoms with E-state index in [-0.39, 0.29) is 5.82 Å². The van der Waals surface area contributed by atoms with E-state index < -0.39 is 0 Å². The van der Waals surface area contributed by atoms with E-state index in [4.69, 9.17) is 0 Å². The van der Waals surface area contributed by atoms with Gasteiger partial charge in [0, 0.05) is 6.04 Å². The summed E-state index contributed by atoms with van der Waals surface area (Å²) in [7, 11) is 0. The first kappa shape index (κ1) is 13.1. The third-order valence-electron chi connectivity index (χ3n) is 5.00. The van der Waals surface area contributed by atoms with Gasteiger partial charge < -0.3 is 5.32 Å². The number of benzene rings is 1. The Kier molecular flexibility index (Phi) is 3.88. The lowest BCUT2D eigenvalue weighted by Gasteiger charge is -2.18. The van der Waals surface area contributed by atoms with Crippen LogP contribution in [0.3, 0.4) is 0 Å². The van der Waals surface area contributed by atoms with Gasteiger partial charge in [0.05, 0.1) is 0 Å². The normalized spacial score (nSPS) is 30.7. The van der Waals surface area contributed by atoms with Gasteiger partial charge in [-0.25, -0.2) is 4.39 Å². The zero-order valence-corrected chi connectivity index (χ0v) is 11.7. The summed E-state index contributed by atoms with van der Waals surface area (Å²) >= 11 is 0. The molecule has 0 saturated heterocycles. The summed E-state index contributed by atoms with van der Waals surface area (Å²) in [6.45, 7) is 3.18. The molecule has 1 N–H and O–H groups in total. The molecule has 0 amide bonds. The molecule has 0 heterocycles. The summed E-state index contributed by atoms with van der Waals surface area (Å²) in [5.74, 6) is 2.63. The van der Waals surface area contributed by atoms with Crippen molar-refractivity contribution in [3.05, 3.63) is 35.6 Å². The molecule has 1 aromatic carbocycles. The number of nitrogens with one attached hydrogen (secondary N) is 1. The topological polar surface area (TPSA) is 12.0 Å². The van der Waals surface area contributed by atoms with Gasteiger partial charge in [-0.05, 0) is 61.3 Å². The third-order valence-corrected chi connectivity index (χ3v) is 5.00. The molecule has 2 aliphatic rings. The number of fused-ring (bicyclic) bond motifs is 1. The number of hydrogen-bond donors (Lipinski definition) is 1. The molecule has 2 saturated carbocycles. The molecule has 0 radical (unpaired) electrons. The SMILES string of the molecule is CCNC(Cc1cccc(F)c1)C1C2CCCCC21. The molecule has 1 aromatic rings. The van der Waals surface area contributed by atoms with E-state index in [9.17, 15) is 4.39 Å². The number of hydrogen-bond acceptors (Lipinski definition) is 1. The maximum absolute atomic E-state index is 13.3. The first-order chi connectivity index (χ1) is 9.29. The molecule has 19 heavy (non-hydrogen) atoms. The van der Waals surface area contributed by atoms with Gasteiger partial charge in [0.1, 0.15) is 5.82 Å². The molecule has 2 heteroatoms. The summed E-state index contributed by atoms with van der Waals surface area (Å²) in [5.41, 5.74) is 1.13. The van der Waals surface area contributed by atoms with E-state index in [1.165, 1.54) is 31.7 Å². The highest BCUT2D eigenvalue weighted by Crippen LogP contribution is 2.57. The molecule has 0 bridgehead atoms. The highest BCUT2D eigenvalue weighted by Gasteiger charge is 2.53. The van der Waals surface area contributed by atoms with Crippen LogP contribution in [0, 0.1) is 23.6 Å². The summed E-state index contributed by atoms with van der Waals surface area (Å²) < 4.78 is 13.3. The Morgan fingerprint density at radius 2 is 2.00 bits per heavy atom. The Labute approximate surface area is 115 Å². The van der Waals surface area contributed by atoms with Crippen LogP contribution in [0.15, 0.2) is 24.3 Å². The van der Waals surface area contributed by atoms with Crippen molar-refractivity contribution in [1.29, 1.82) is 0 Å².